The summed E-state index contributed by atoms with van der Waals surface area (Å²) in [6, 6.07) is 0. The van der Waals surface area contributed by atoms with Gasteiger partial charge in [0, 0.05) is 0 Å². The number of rotatable bonds is 0. The fourth-order valence-corrected chi connectivity index (χ4v) is 0. The molecule has 5 heavy (non-hydrogen) atoms. The van der Waals surface area contributed by atoms with E-state index in [1.54, 1.807) is 0 Å². The van der Waals surface area contributed by atoms with Crippen molar-refractivity contribution in [1.82, 2.24) is 0 Å². The topological polar surface area (TPSA) is 0 Å². The fourth-order valence-electron chi connectivity index (χ4n) is 0. The Kier molecular flexibility index (Phi) is 1.36. The van der Waals surface area contributed by atoms with E-state index in [0.29, 0.717) is 0 Å². The van der Waals surface area contributed by atoms with Crippen LogP contribution in [-0.4, -0.2) is 15.1 Å². The quantitative estimate of drug-likeness (QED) is 0.284. The maximum absolute atomic E-state index is 11.2. The summed E-state index contributed by atoms with van der Waals surface area (Å²) in [7, 11) is -1.62. The SMILES string of the molecule is B[PH](B)(F)F. The Bertz CT molecular complexity index is 23.1. The van der Waals surface area contributed by atoms with Crippen molar-refractivity contribution in [3.05, 3.63) is 0 Å². The van der Waals surface area contributed by atoms with Crippen molar-refractivity contribution in [2.24, 2.45) is 0 Å². The molecule has 0 amide bonds. The average Bonchev–Trinajstić information content (AvgIpc) is 0.722. The molecule has 0 aliphatic heterocycles. The molecule has 0 saturated heterocycles. The Labute approximate surface area is 32.3 Å². The molecule has 0 aromatic carbocycles. The van der Waals surface area contributed by atoms with E-state index in [1.165, 1.54) is 0 Å². The second kappa shape index (κ2) is 1.25. The summed E-state index contributed by atoms with van der Waals surface area (Å²) in [5.74, 6) is 0. The van der Waals surface area contributed by atoms with Gasteiger partial charge in [-0.15, -0.1) is 0 Å². The Balaban J connectivity index is 3.02. The van der Waals surface area contributed by atoms with Crippen LogP contribution in [-0.2, 0) is 0 Å². The predicted molar refractivity (Wildman–Crippen MR) is 27.6 cm³/mol. The Hall–Kier alpha value is 0.420. The summed E-state index contributed by atoms with van der Waals surface area (Å²) in [5.41, 5.74) is 0. The second-order valence-electron chi connectivity index (χ2n) is 1.33. The van der Waals surface area contributed by atoms with Gasteiger partial charge in [0.05, 0.1) is 0 Å². The van der Waals surface area contributed by atoms with Gasteiger partial charge in [-0.25, -0.2) is 0 Å². The van der Waals surface area contributed by atoms with Crippen molar-refractivity contribution in [3.63, 3.8) is 0 Å². The molecule has 0 saturated carbocycles. The molecule has 30 valence electrons. The van der Waals surface area contributed by atoms with E-state index >= 15 is 0 Å². The molecular weight excluding hydrogens is 90.6 g/mol. The van der Waals surface area contributed by atoms with Crippen molar-refractivity contribution >= 4 is 22.8 Å². The van der Waals surface area contributed by atoms with Crippen LogP contribution in [0.3, 0.4) is 0 Å². The molecule has 0 radical (unpaired) electrons. The zero-order valence-corrected chi connectivity index (χ0v) is 4.26. The first-order chi connectivity index (χ1) is 2.00. The summed E-state index contributed by atoms with van der Waals surface area (Å²) < 4.78 is 22.3. The van der Waals surface area contributed by atoms with Gasteiger partial charge < -0.3 is 0 Å². The van der Waals surface area contributed by atoms with Crippen LogP contribution >= 0.6 is 7.64 Å². The zero-order chi connectivity index (χ0) is 4.50. The van der Waals surface area contributed by atoms with Crippen molar-refractivity contribution < 1.29 is 8.39 Å². The van der Waals surface area contributed by atoms with Crippen LogP contribution in [0.4, 0.5) is 8.39 Å². The van der Waals surface area contributed by atoms with Gasteiger partial charge in [-0.1, -0.05) is 0 Å². The molecule has 0 spiro atoms. The molecule has 0 aromatic rings. The molecule has 0 N–H and O–H groups in total. The maximum atomic E-state index is 11.2. The molecule has 0 bridgehead atoms. The molecule has 0 heterocycles. The van der Waals surface area contributed by atoms with Crippen LogP contribution in [0.25, 0.3) is 0 Å². The zero-order valence-electron chi connectivity index (χ0n) is 3.26. The standard InChI is InChI=1S/B2F2H5P/c1-5(2,3)4/h5H,1-2H2. The molecule has 0 aliphatic rings. The van der Waals surface area contributed by atoms with Gasteiger partial charge in [-0.2, -0.15) is 0 Å². The molecular formula is H5B2F2P. The van der Waals surface area contributed by atoms with E-state index in [0.717, 1.165) is 15.1 Å². The summed E-state index contributed by atoms with van der Waals surface area (Å²) in [4.78, 5) is 0. The summed E-state index contributed by atoms with van der Waals surface area (Å²) >= 11 is 0. The Morgan fingerprint density at radius 2 is 1.20 bits per heavy atom. The van der Waals surface area contributed by atoms with Gasteiger partial charge in [0.15, 0.2) is 0 Å². The minimum absolute atomic E-state index is 0.993. The van der Waals surface area contributed by atoms with Crippen molar-refractivity contribution in [2.75, 3.05) is 0 Å². The van der Waals surface area contributed by atoms with E-state index in [2.05, 4.69) is 0 Å². The first-order valence-electron chi connectivity index (χ1n) is 1.38. The van der Waals surface area contributed by atoms with Crippen molar-refractivity contribution in [3.8, 4) is 0 Å². The summed E-state index contributed by atoms with van der Waals surface area (Å²) in [6.07, 6.45) is 0. The van der Waals surface area contributed by atoms with Crippen LogP contribution in [0.15, 0.2) is 0 Å². The van der Waals surface area contributed by atoms with Crippen LogP contribution in [0.5, 0.6) is 0 Å². The van der Waals surface area contributed by atoms with Gasteiger partial charge in [0.25, 0.3) is 0 Å². The van der Waals surface area contributed by atoms with Gasteiger partial charge in [-0.3, -0.25) is 0 Å². The van der Waals surface area contributed by atoms with Crippen LogP contribution < -0.4 is 0 Å². The van der Waals surface area contributed by atoms with E-state index in [9.17, 15) is 8.39 Å². The molecule has 0 nitrogen and oxygen atoms in total. The van der Waals surface area contributed by atoms with E-state index < -0.39 is 7.64 Å². The van der Waals surface area contributed by atoms with Crippen molar-refractivity contribution in [1.29, 1.82) is 0 Å². The Morgan fingerprint density at radius 3 is 1.20 bits per heavy atom. The summed E-state index contributed by atoms with van der Waals surface area (Å²) in [5, 5.41) is 0. The number of hydrogen-bond acceptors (Lipinski definition) is 0. The minimum atomic E-state index is -3.61. The second-order valence-corrected chi connectivity index (χ2v) is 3.98. The van der Waals surface area contributed by atoms with E-state index in [1.807, 2.05) is 0 Å². The van der Waals surface area contributed by atoms with E-state index in [4.69, 9.17) is 0 Å². The third-order valence-corrected chi connectivity index (χ3v) is 0. The molecule has 0 unspecified atom stereocenters. The number of halogens is 2. The van der Waals surface area contributed by atoms with Gasteiger partial charge in [0.1, 0.15) is 0 Å². The van der Waals surface area contributed by atoms with E-state index in [-0.39, 0.29) is 0 Å². The monoisotopic (exact) mass is 96.0 g/mol. The normalized spacial score (nSPS) is 14.8. The molecule has 5 heteroatoms. The average molecular weight is 95.6 g/mol. The fraction of sp³-hybridized carbons (Fsp3) is 0. The summed E-state index contributed by atoms with van der Waals surface area (Å²) in [6.45, 7) is 0. The number of hydrogen-bond donors (Lipinski definition) is 0. The van der Waals surface area contributed by atoms with Gasteiger partial charge in [0.2, 0.25) is 0 Å². The van der Waals surface area contributed by atoms with Crippen LogP contribution in [0.2, 0.25) is 0 Å². The third-order valence-electron chi connectivity index (χ3n) is 0. The Morgan fingerprint density at radius 1 is 1.20 bits per heavy atom. The van der Waals surface area contributed by atoms with Crippen LogP contribution in [0, 0.1) is 0 Å². The van der Waals surface area contributed by atoms with Gasteiger partial charge >= 0.3 is 31.2 Å². The predicted octanol–water partition coefficient (Wildman–Crippen LogP) is -0.399. The first-order valence-corrected chi connectivity index (χ1v) is 4.13. The van der Waals surface area contributed by atoms with Crippen LogP contribution in [0.1, 0.15) is 0 Å². The molecule has 0 aromatic heterocycles. The third kappa shape index (κ3) is 147. The molecule has 0 fully saturated rings. The first kappa shape index (κ1) is 5.42. The molecule has 0 rings (SSSR count). The van der Waals surface area contributed by atoms with Crippen molar-refractivity contribution in [2.45, 2.75) is 0 Å². The molecule has 0 atom stereocenters. The molecule has 0 aliphatic carbocycles. The van der Waals surface area contributed by atoms with Gasteiger partial charge in [-0.05, 0) is 0 Å².